The first-order chi connectivity index (χ1) is 15.8. The highest BCUT2D eigenvalue weighted by Crippen LogP contribution is 2.27. The van der Waals surface area contributed by atoms with Crippen molar-refractivity contribution in [2.45, 2.75) is 37.3 Å². The SMILES string of the molecule is CCc1cccc(C)c1NC(=O)[C@@H](C)Sc1ccc(NC(=O)c2ccccc2C(=O)O)cc1. The van der Waals surface area contributed by atoms with Crippen molar-refractivity contribution < 1.29 is 19.5 Å². The van der Waals surface area contributed by atoms with Crippen LogP contribution in [0.5, 0.6) is 0 Å². The van der Waals surface area contributed by atoms with Gasteiger partial charge < -0.3 is 15.7 Å². The quantitative estimate of drug-likeness (QED) is 0.377. The fourth-order valence-electron chi connectivity index (χ4n) is 3.37. The number of carbonyl (C=O) groups excluding carboxylic acids is 2. The Kier molecular flexibility index (Phi) is 7.90. The molecule has 170 valence electrons. The van der Waals surface area contributed by atoms with Gasteiger partial charge in [-0.15, -0.1) is 11.8 Å². The van der Waals surface area contributed by atoms with E-state index in [0.717, 1.165) is 28.1 Å². The van der Waals surface area contributed by atoms with Crippen molar-refractivity contribution in [3.63, 3.8) is 0 Å². The molecule has 0 aliphatic carbocycles. The summed E-state index contributed by atoms with van der Waals surface area (Å²) >= 11 is 1.42. The van der Waals surface area contributed by atoms with Crippen LogP contribution in [0.4, 0.5) is 11.4 Å². The number of aromatic carboxylic acids is 1. The van der Waals surface area contributed by atoms with Gasteiger partial charge in [0.1, 0.15) is 0 Å². The van der Waals surface area contributed by atoms with E-state index in [0.29, 0.717) is 5.69 Å². The molecule has 3 N–H and O–H groups in total. The number of thioether (sulfide) groups is 1. The Balaban J connectivity index is 1.63. The lowest BCUT2D eigenvalue weighted by Crippen LogP contribution is -2.23. The van der Waals surface area contributed by atoms with E-state index in [4.69, 9.17) is 0 Å². The number of hydrogen-bond acceptors (Lipinski definition) is 4. The second-order valence-electron chi connectivity index (χ2n) is 7.54. The molecule has 0 heterocycles. The first-order valence-electron chi connectivity index (χ1n) is 10.6. The van der Waals surface area contributed by atoms with Gasteiger partial charge >= 0.3 is 5.97 Å². The van der Waals surface area contributed by atoms with Crippen LogP contribution < -0.4 is 10.6 Å². The van der Waals surface area contributed by atoms with E-state index in [-0.39, 0.29) is 22.3 Å². The summed E-state index contributed by atoms with van der Waals surface area (Å²) < 4.78 is 0. The summed E-state index contributed by atoms with van der Waals surface area (Å²) in [6.07, 6.45) is 0.836. The zero-order valence-electron chi connectivity index (χ0n) is 18.7. The molecule has 3 aromatic carbocycles. The molecule has 0 radical (unpaired) electrons. The number of carboxylic acid groups (broad SMARTS) is 1. The second-order valence-corrected chi connectivity index (χ2v) is 8.96. The van der Waals surface area contributed by atoms with Crippen molar-refractivity contribution >= 4 is 40.9 Å². The minimum Gasteiger partial charge on any atom is -0.478 e. The van der Waals surface area contributed by atoms with Gasteiger partial charge in [0.15, 0.2) is 0 Å². The standard InChI is InChI=1S/C26H26N2O4S/c1-4-18-9-7-8-16(2)23(18)28-24(29)17(3)33-20-14-12-19(13-15-20)27-25(30)21-10-5-6-11-22(21)26(31)32/h5-15,17H,4H2,1-3H3,(H,27,30)(H,28,29)(H,31,32)/t17-/m1/s1. The molecule has 7 heteroatoms. The van der Waals surface area contributed by atoms with Gasteiger partial charge in [0, 0.05) is 16.3 Å². The van der Waals surface area contributed by atoms with Crippen molar-refractivity contribution in [3.05, 3.63) is 89.0 Å². The first-order valence-corrected chi connectivity index (χ1v) is 11.5. The van der Waals surface area contributed by atoms with Crippen LogP contribution in [0.15, 0.2) is 71.6 Å². The monoisotopic (exact) mass is 462 g/mol. The number of hydrogen-bond donors (Lipinski definition) is 3. The molecule has 0 aromatic heterocycles. The number of nitrogens with one attached hydrogen (secondary N) is 2. The molecular formula is C26H26N2O4S. The smallest absolute Gasteiger partial charge is 0.336 e. The van der Waals surface area contributed by atoms with E-state index in [2.05, 4.69) is 17.6 Å². The van der Waals surface area contributed by atoms with E-state index in [9.17, 15) is 19.5 Å². The molecule has 0 spiro atoms. The van der Waals surface area contributed by atoms with Crippen LogP contribution in [0.1, 0.15) is 45.7 Å². The Bertz CT molecular complexity index is 1180. The molecule has 2 amide bonds. The fourth-order valence-corrected chi connectivity index (χ4v) is 4.23. The molecule has 0 saturated heterocycles. The number of rotatable bonds is 8. The van der Waals surface area contributed by atoms with Crippen molar-refractivity contribution in [3.8, 4) is 0 Å². The van der Waals surface area contributed by atoms with Crippen molar-refractivity contribution in [2.75, 3.05) is 10.6 Å². The number of amides is 2. The predicted octanol–water partition coefficient (Wildman–Crippen LogP) is 5.63. The summed E-state index contributed by atoms with van der Waals surface area (Å²) in [5, 5.41) is 14.7. The lowest BCUT2D eigenvalue weighted by atomic mass is 10.1. The third-order valence-corrected chi connectivity index (χ3v) is 6.30. The Hall–Kier alpha value is -3.58. The Morgan fingerprint density at radius 3 is 2.21 bits per heavy atom. The number of carbonyl (C=O) groups is 3. The van der Waals surface area contributed by atoms with Crippen LogP contribution >= 0.6 is 11.8 Å². The van der Waals surface area contributed by atoms with Crippen LogP contribution in [0.25, 0.3) is 0 Å². The third kappa shape index (κ3) is 6.02. The Morgan fingerprint density at radius 1 is 0.909 bits per heavy atom. The van der Waals surface area contributed by atoms with Crippen molar-refractivity contribution in [1.29, 1.82) is 0 Å². The summed E-state index contributed by atoms with van der Waals surface area (Å²) in [4.78, 5) is 37.5. The summed E-state index contributed by atoms with van der Waals surface area (Å²) in [6.45, 7) is 5.89. The molecule has 33 heavy (non-hydrogen) atoms. The van der Waals surface area contributed by atoms with Gasteiger partial charge in [-0.2, -0.15) is 0 Å². The zero-order valence-corrected chi connectivity index (χ0v) is 19.5. The number of aryl methyl sites for hydroxylation is 2. The van der Waals surface area contributed by atoms with Crippen LogP contribution in [0.2, 0.25) is 0 Å². The Labute approximate surface area is 197 Å². The van der Waals surface area contributed by atoms with Gasteiger partial charge in [-0.25, -0.2) is 4.79 Å². The van der Waals surface area contributed by atoms with Gasteiger partial charge in [-0.05, 0) is 67.8 Å². The predicted molar refractivity (Wildman–Crippen MR) is 132 cm³/mol. The van der Waals surface area contributed by atoms with Crippen LogP contribution in [0.3, 0.4) is 0 Å². The van der Waals surface area contributed by atoms with Crippen LogP contribution in [0, 0.1) is 6.92 Å². The Morgan fingerprint density at radius 2 is 1.58 bits per heavy atom. The van der Waals surface area contributed by atoms with Gasteiger partial charge in [0.2, 0.25) is 5.91 Å². The molecule has 3 aromatic rings. The maximum Gasteiger partial charge on any atom is 0.336 e. The molecule has 3 rings (SSSR count). The van der Waals surface area contributed by atoms with Gasteiger partial charge in [-0.3, -0.25) is 9.59 Å². The maximum atomic E-state index is 12.8. The van der Waals surface area contributed by atoms with E-state index < -0.39 is 11.9 Å². The maximum absolute atomic E-state index is 12.8. The third-order valence-electron chi connectivity index (χ3n) is 5.18. The average molecular weight is 463 g/mol. The van der Waals surface area contributed by atoms with Crippen molar-refractivity contribution in [2.24, 2.45) is 0 Å². The van der Waals surface area contributed by atoms with Gasteiger partial charge in [0.05, 0.1) is 16.4 Å². The molecule has 1 atom stereocenters. The molecule has 0 saturated carbocycles. The highest BCUT2D eigenvalue weighted by Gasteiger charge is 2.18. The summed E-state index contributed by atoms with van der Waals surface area (Å²) in [7, 11) is 0. The number of benzene rings is 3. The number of carboxylic acids is 1. The highest BCUT2D eigenvalue weighted by molar-refractivity contribution is 8.00. The topological polar surface area (TPSA) is 95.5 Å². The highest BCUT2D eigenvalue weighted by atomic mass is 32.2. The van der Waals surface area contributed by atoms with E-state index >= 15 is 0 Å². The van der Waals surface area contributed by atoms with Crippen molar-refractivity contribution in [1.82, 2.24) is 0 Å². The second kappa shape index (κ2) is 10.8. The lowest BCUT2D eigenvalue weighted by Gasteiger charge is -2.16. The molecule has 0 fully saturated rings. The number of anilines is 2. The average Bonchev–Trinajstić information content (AvgIpc) is 2.81. The minimum atomic E-state index is -1.16. The van der Waals surface area contributed by atoms with Crippen LogP contribution in [-0.2, 0) is 11.2 Å². The van der Waals surface area contributed by atoms with Gasteiger partial charge in [-0.1, -0.05) is 37.3 Å². The summed E-state index contributed by atoms with van der Waals surface area (Å²) in [5.74, 6) is -1.73. The molecule has 0 aliphatic heterocycles. The fraction of sp³-hybridized carbons (Fsp3) is 0.192. The first kappa shape index (κ1) is 24.1. The normalized spacial score (nSPS) is 11.5. The minimum absolute atomic E-state index is 0.0538. The summed E-state index contributed by atoms with van der Waals surface area (Å²) in [5.41, 5.74) is 3.58. The number of para-hydroxylation sites is 1. The summed E-state index contributed by atoms with van der Waals surface area (Å²) in [6, 6.07) is 19.1. The molecule has 6 nitrogen and oxygen atoms in total. The molecule has 0 unspecified atom stereocenters. The van der Waals surface area contributed by atoms with Gasteiger partial charge in [0.25, 0.3) is 5.91 Å². The zero-order chi connectivity index (χ0) is 24.0. The van der Waals surface area contributed by atoms with E-state index in [1.807, 2.05) is 44.2 Å². The molecular weight excluding hydrogens is 436 g/mol. The lowest BCUT2D eigenvalue weighted by molar-refractivity contribution is -0.115. The molecule has 0 bridgehead atoms. The largest absolute Gasteiger partial charge is 0.478 e. The molecule has 0 aliphatic rings. The van der Waals surface area contributed by atoms with E-state index in [1.165, 1.54) is 23.9 Å². The van der Waals surface area contributed by atoms with E-state index in [1.54, 1.807) is 24.3 Å². The van der Waals surface area contributed by atoms with Crippen LogP contribution in [-0.4, -0.2) is 28.1 Å².